The van der Waals surface area contributed by atoms with Gasteiger partial charge in [-0.25, -0.2) is 0 Å². The standard InChI is InChI=1S/C69H48BN5O.Pt/c1-46-19-16-24-53(41-46)57-29-18-28-56(51-38-36-50(37-39-51)49-20-6-4-7-21-49)68(57)73-45-72(62-31-12-13-32-63(62)73)54-25-17-26-55(44-54)76-69-67(52-22-8-5-9-23-52)48(3)43-66(71-69)75-65-34-15-14-33-64(65)74-61-30-11-10-27-58(61)59-42-47(2)35-40-60(59)70(74)75;/h4-33,35-43H,1-3H3;/q-2;/i1D3,2D3,3D3,35D,42D;. The minimum absolute atomic E-state index is 0.0471. The van der Waals surface area contributed by atoms with Gasteiger partial charge in [0.1, 0.15) is 0 Å². The Bertz CT molecular complexity index is 4820. The Balaban J connectivity index is 0.950. The summed E-state index contributed by atoms with van der Waals surface area (Å²) in [5.41, 5.74) is 12.3. The Hall–Kier alpha value is -9.03. The van der Waals surface area contributed by atoms with Crippen molar-refractivity contribution in [3.05, 3.63) is 269 Å². The van der Waals surface area contributed by atoms with Crippen LogP contribution in [0.3, 0.4) is 0 Å². The Morgan fingerprint density at radius 1 is 0.545 bits per heavy atom. The molecule has 6 nitrogen and oxygen atoms in total. The first-order valence-electron chi connectivity index (χ1n) is 30.6. The zero-order valence-electron chi connectivity index (χ0n) is 51.9. The quantitative estimate of drug-likeness (QED) is 0.107. The van der Waals surface area contributed by atoms with Gasteiger partial charge in [-0.05, 0) is 18.5 Å². The van der Waals surface area contributed by atoms with Crippen molar-refractivity contribution < 1.29 is 39.2 Å². The van der Waals surface area contributed by atoms with Gasteiger partial charge >= 0.3 is 381 Å². The van der Waals surface area contributed by atoms with Gasteiger partial charge in [-0.3, -0.25) is 0 Å². The average Bonchev–Trinajstić information content (AvgIpc) is 1.77. The van der Waals surface area contributed by atoms with Gasteiger partial charge in [0, 0.05) is 15.4 Å². The van der Waals surface area contributed by atoms with E-state index in [0.717, 1.165) is 53.9 Å². The van der Waals surface area contributed by atoms with Gasteiger partial charge in [-0.2, -0.15) is 12.1 Å². The van der Waals surface area contributed by atoms with Crippen LogP contribution < -0.4 is 19.8 Å². The molecule has 2 aliphatic heterocycles. The number of rotatable bonds is 9. The van der Waals surface area contributed by atoms with Gasteiger partial charge in [-0.15, -0.1) is 6.07 Å². The van der Waals surface area contributed by atoms with Gasteiger partial charge in [-0.1, -0.05) is 41.9 Å². The molecule has 4 heterocycles. The maximum atomic E-state index is 9.50. The third kappa shape index (κ3) is 7.92. The Kier molecular flexibility index (Phi) is 8.88. The summed E-state index contributed by atoms with van der Waals surface area (Å²) in [6, 6.07) is 76.7. The molecule has 0 saturated heterocycles. The van der Waals surface area contributed by atoms with E-state index in [2.05, 4.69) is 83.1 Å². The molecule has 0 fully saturated rings. The molecule has 0 aliphatic carbocycles. The van der Waals surface area contributed by atoms with Crippen LogP contribution in [0.2, 0.25) is 0 Å². The minimum atomic E-state index is -2.76. The number of ether oxygens (including phenoxy) is 1. The predicted molar refractivity (Wildman–Crippen MR) is 312 cm³/mol. The number of benzene rings is 10. The van der Waals surface area contributed by atoms with Crippen molar-refractivity contribution in [1.82, 2.24) is 14.1 Å². The summed E-state index contributed by atoms with van der Waals surface area (Å²) in [7, 11) is 0. The Morgan fingerprint density at radius 2 is 1.21 bits per heavy atom. The van der Waals surface area contributed by atoms with Crippen LogP contribution in [-0.2, 0) is 19.4 Å². The summed E-state index contributed by atoms with van der Waals surface area (Å²) in [4.78, 5) is 9.17. The number of hydrogen-bond donors (Lipinski definition) is 0. The van der Waals surface area contributed by atoms with E-state index in [4.69, 9.17) is 19.3 Å². The molecule has 8 heteroatoms. The summed E-state index contributed by atoms with van der Waals surface area (Å²) in [5, 5.41) is 0. The first-order valence-corrected chi connectivity index (χ1v) is 26.2. The first-order chi connectivity index (χ1) is 42.3. The molecule has 370 valence electrons. The van der Waals surface area contributed by atoms with Crippen molar-refractivity contribution in [3.63, 3.8) is 0 Å². The monoisotopic (exact) mass is 1180 g/mol. The van der Waals surface area contributed by atoms with Crippen molar-refractivity contribution in [2.24, 2.45) is 0 Å². The van der Waals surface area contributed by atoms with Crippen molar-refractivity contribution >= 4 is 46.4 Å². The fraction of sp³-hybridized carbons (Fsp3) is 0.0435. The molecule has 0 radical (unpaired) electrons. The molecule has 0 N–H and O–H groups in total. The molecule has 0 spiro atoms. The van der Waals surface area contributed by atoms with E-state index < -0.39 is 27.5 Å². The van der Waals surface area contributed by atoms with E-state index in [0.29, 0.717) is 44.9 Å². The van der Waals surface area contributed by atoms with Crippen molar-refractivity contribution in [1.29, 1.82) is 0 Å². The molecule has 0 amide bonds. The van der Waals surface area contributed by atoms with Crippen LogP contribution in [0.15, 0.2) is 237 Å². The molecule has 12 aromatic rings. The van der Waals surface area contributed by atoms with E-state index >= 15 is 0 Å². The molecule has 77 heavy (non-hydrogen) atoms. The van der Waals surface area contributed by atoms with Gasteiger partial charge < -0.3 is 0 Å². The maximum absolute atomic E-state index is 9.50. The fourth-order valence-electron chi connectivity index (χ4n) is 11.0. The van der Waals surface area contributed by atoms with Gasteiger partial charge in [0.15, 0.2) is 0 Å². The number of aromatic nitrogens is 3. The fourth-order valence-corrected chi connectivity index (χ4v) is 12.1. The van der Waals surface area contributed by atoms with Crippen LogP contribution in [0.5, 0.6) is 11.6 Å². The number of aryl methyl sites for hydroxylation is 2. The van der Waals surface area contributed by atoms with E-state index in [1.165, 1.54) is 12.1 Å². The van der Waals surface area contributed by atoms with Crippen molar-refractivity contribution in [2.75, 3.05) is 9.62 Å². The van der Waals surface area contributed by atoms with E-state index in [-0.39, 0.29) is 51.8 Å². The molecule has 10 aromatic carbocycles. The Labute approximate surface area is 475 Å². The third-order valence-corrected chi connectivity index (χ3v) is 15.4. The number of anilines is 4. The van der Waals surface area contributed by atoms with E-state index in [1.807, 2.05) is 137 Å². The van der Waals surface area contributed by atoms with Crippen LogP contribution in [-0.4, -0.2) is 21.1 Å². The number of para-hydroxylation sites is 5. The summed E-state index contributed by atoms with van der Waals surface area (Å²) in [5.74, 6) is 0.311. The summed E-state index contributed by atoms with van der Waals surface area (Å²) >= 11 is 2.33. The molecule has 0 saturated carbocycles. The minimum Gasteiger partial charge on any atom is -0.175 e. The molecule has 2 aromatic heterocycles. The second-order valence-corrected chi connectivity index (χ2v) is 19.9. The SMILES string of the molecule is [2H]c1cc2c(c([2H])c1C([2H])([2H])[2H])-c1ccccc1N1B2N(c2cc(C([2H])([2H])[2H])c(-c3ccccc3)c(Oc3[c-]c(-n4[c](=[Pt])n(-c5c(-c6ccc(-c7ccccc7)cc6)cccc5-c5cccc(C([2H])([2H])[2H])c5)c5ccccc54)ccc3)n2)c2[c-]cccc21. The molecular formula is C69H48BN5OPt-2. The van der Waals surface area contributed by atoms with Gasteiger partial charge in [0.2, 0.25) is 0 Å². The number of imidazole rings is 1. The van der Waals surface area contributed by atoms with Crippen molar-refractivity contribution in [3.8, 4) is 78.6 Å². The van der Waals surface area contributed by atoms with Gasteiger partial charge in [0.25, 0.3) is 0 Å². The molecule has 2 aliphatic rings. The topological polar surface area (TPSA) is 38.5 Å². The number of pyridine rings is 1. The van der Waals surface area contributed by atoms with E-state index in [1.54, 1.807) is 42.5 Å². The zero-order chi connectivity index (χ0) is 61.0. The summed E-state index contributed by atoms with van der Waals surface area (Å²) < 4.78 is 109. The predicted octanol–water partition coefficient (Wildman–Crippen LogP) is 16.5. The average molecular weight is 1180 g/mol. The first kappa shape index (κ1) is 36.0. The molecule has 0 unspecified atom stereocenters. The van der Waals surface area contributed by atoms with Crippen LogP contribution in [0.4, 0.5) is 22.9 Å². The van der Waals surface area contributed by atoms with Crippen LogP contribution in [0, 0.1) is 36.5 Å². The van der Waals surface area contributed by atoms with Gasteiger partial charge in [0.05, 0.1) is 2.74 Å². The third-order valence-electron chi connectivity index (χ3n) is 14.3. The number of fused-ring (bicyclic) bond motifs is 9. The zero-order valence-corrected chi connectivity index (χ0v) is 43.2. The van der Waals surface area contributed by atoms with Crippen LogP contribution in [0.1, 0.15) is 31.8 Å². The molecule has 0 atom stereocenters. The normalized spacial score (nSPS) is 14.9. The summed E-state index contributed by atoms with van der Waals surface area (Å²) in [6.45, 7) is -8.76. The number of hydrogen-bond acceptors (Lipinski definition) is 4. The second kappa shape index (κ2) is 19.0. The molecule has 14 rings (SSSR count). The summed E-state index contributed by atoms with van der Waals surface area (Å²) in [6.07, 6.45) is 0. The van der Waals surface area contributed by atoms with E-state index in [9.17, 15) is 5.48 Å². The van der Waals surface area contributed by atoms with Crippen molar-refractivity contribution in [2.45, 2.75) is 20.6 Å². The Morgan fingerprint density at radius 3 is 2.01 bits per heavy atom. The van der Waals surface area contributed by atoms with Crippen LogP contribution in [0.25, 0.3) is 78.0 Å². The number of nitrogens with zero attached hydrogens (tertiary/aromatic N) is 5. The molecule has 0 bridgehead atoms. The van der Waals surface area contributed by atoms with Crippen LogP contribution >= 0.6 is 0 Å². The molecular weight excluding hydrogens is 1120 g/mol. The smallest absolute Gasteiger partial charge is 0.175 e. The second-order valence-electron chi connectivity index (χ2n) is 18.9.